The van der Waals surface area contributed by atoms with Crippen LogP contribution in [0.1, 0.15) is 62.4 Å². The van der Waals surface area contributed by atoms with Crippen LogP contribution in [-0.4, -0.2) is 18.3 Å². The maximum absolute atomic E-state index is 12.1. The van der Waals surface area contributed by atoms with Crippen LogP contribution in [0.3, 0.4) is 0 Å². The lowest BCUT2D eigenvalue weighted by Crippen LogP contribution is -2.08. The second-order valence-electron chi connectivity index (χ2n) is 5.83. The lowest BCUT2D eigenvalue weighted by Gasteiger charge is -2.16. The van der Waals surface area contributed by atoms with E-state index >= 15 is 0 Å². The van der Waals surface area contributed by atoms with E-state index in [1.165, 1.54) is 0 Å². The van der Waals surface area contributed by atoms with Crippen molar-refractivity contribution < 1.29 is 9.53 Å². The fraction of sp³-hybridized carbons (Fsp3) is 0.588. The number of halogens is 1. The van der Waals surface area contributed by atoms with E-state index in [4.69, 9.17) is 16.3 Å². The molecule has 3 heteroatoms. The molecule has 0 N–H and O–H groups in total. The molecule has 112 valence electrons. The van der Waals surface area contributed by atoms with Crippen molar-refractivity contribution >= 4 is 17.4 Å². The van der Waals surface area contributed by atoms with E-state index in [1.54, 1.807) is 0 Å². The highest BCUT2D eigenvalue weighted by molar-refractivity contribution is 6.18. The minimum Gasteiger partial charge on any atom is -0.493 e. The standard InChI is InChI=1S/C17H25ClO2/c1-12(2)11-20-17-8-7-14(10-15(17)13(3)4)16(19)6-5-9-18/h7-8,10,12-13H,5-6,9,11H2,1-4H3. The number of hydrogen-bond acceptors (Lipinski definition) is 2. The first kappa shape index (κ1) is 17.0. The molecule has 0 atom stereocenters. The highest BCUT2D eigenvalue weighted by atomic mass is 35.5. The van der Waals surface area contributed by atoms with E-state index in [-0.39, 0.29) is 5.78 Å². The number of rotatable bonds is 8. The summed E-state index contributed by atoms with van der Waals surface area (Å²) in [6.45, 7) is 9.17. The molecule has 1 aromatic carbocycles. The molecule has 1 aromatic rings. The van der Waals surface area contributed by atoms with Crippen LogP contribution in [0.25, 0.3) is 0 Å². The second kappa shape index (κ2) is 8.31. The Kier molecular flexibility index (Phi) is 7.08. The SMILES string of the molecule is CC(C)COc1ccc(C(=O)CCCCl)cc1C(C)C. The van der Waals surface area contributed by atoms with E-state index in [0.29, 0.717) is 30.7 Å². The summed E-state index contributed by atoms with van der Waals surface area (Å²) in [6, 6.07) is 5.75. The third kappa shape index (κ3) is 5.16. The van der Waals surface area contributed by atoms with E-state index < -0.39 is 0 Å². The molecule has 0 radical (unpaired) electrons. The van der Waals surface area contributed by atoms with Crippen molar-refractivity contribution in [2.45, 2.75) is 46.5 Å². The largest absolute Gasteiger partial charge is 0.493 e. The summed E-state index contributed by atoms with van der Waals surface area (Å²) in [5.74, 6) is 2.39. The summed E-state index contributed by atoms with van der Waals surface area (Å²) in [4.78, 5) is 12.1. The molecule has 2 nitrogen and oxygen atoms in total. The number of carbonyl (C=O) groups excluding carboxylic acids is 1. The Morgan fingerprint density at radius 3 is 2.50 bits per heavy atom. The Morgan fingerprint density at radius 2 is 1.95 bits per heavy atom. The normalized spacial score (nSPS) is 11.2. The molecule has 0 heterocycles. The van der Waals surface area contributed by atoms with Crippen molar-refractivity contribution in [3.05, 3.63) is 29.3 Å². The van der Waals surface area contributed by atoms with Gasteiger partial charge in [0.25, 0.3) is 0 Å². The first-order valence-electron chi connectivity index (χ1n) is 7.31. The highest BCUT2D eigenvalue weighted by Gasteiger charge is 2.13. The zero-order chi connectivity index (χ0) is 15.1. The number of hydrogen-bond donors (Lipinski definition) is 0. The summed E-state index contributed by atoms with van der Waals surface area (Å²) < 4.78 is 5.84. The van der Waals surface area contributed by atoms with Crippen LogP contribution >= 0.6 is 11.6 Å². The Labute approximate surface area is 127 Å². The number of ketones is 1. The Morgan fingerprint density at radius 1 is 1.25 bits per heavy atom. The van der Waals surface area contributed by atoms with Gasteiger partial charge in [0, 0.05) is 17.9 Å². The molecule has 0 spiro atoms. The van der Waals surface area contributed by atoms with Crippen molar-refractivity contribution in [2.24, 2.45) is 5.92 Å². The number of Topliss-reactive ketones (excluding diaryl/α,β-unsaturated/α-hetero) is 1. The average molecular weight is 297 g/mol. The number of ether oxygens (including phenoxy) is 1. The third-order valence-corrected chi connectivity index (χ3v) is 3.33. The Bertz CT molecular complexity index is 439. The summed E-state index contributed by atoms with van der Waals surface area (Å²) in [5.41, 5.74) is 1.86. The molecule has 0 aliphatic carbocycles. The van der Waals surface area contributed by atoms with Gasteiger partial charge in [-0.3, -0.25) is 4.79 Å². The van der Waals surface area contributed by atoms with Gasteiger partial charge < -0.3 is 4.74 Å². The first-order chi connectivity index (χ1) is 9.45. The van der Waals surface area contributed by atoms with Gasteiger partial charge in [0.2, 0.25) is 0 Å². The topological polar surface area (TPSA) is 26.3 Å². The van der Waals surface area contributed by atoms with E-state index in [9.17, 15) is 4.79 Å². The monoisotopic (exact) mass is 296 g/mol. The van der Waals surface area contributed by atoms with Crippen LogP contribution in [0.4, 0.5) is 0 Å². The van der Waals surface area contributed by atoms with Crippen molar-refractivity contribution in [1.82, 2.24) is 0 Å². The van der Waals surface area contributed by atoms with Crippen LogP contribution in [0.5, 0.6) is 5.75 Å². The second-order valence-corrected chi connectivity index (χ2v) is 6.21. The molecule has 0 aliphatic rings. The van der Waals surface area contributed by atoms with E-state index in [1.807, 2.05) is 18.2 Å². The predicted molar refractivity (Wildman–Crippen MR) is 85.1 cm³/mol. The number of alkyl halides is 1. The van der Waals surface area contributed by atoms with Gasteiger partial charge in [0.15, 0.2) is 5.78 Å². The molecule has 0 unspecified atom stereocenters. The fourth-order valence-electron chi connectivity index (χ4n) is 1.93. The third-order valence-electron chi connectivity index (χ3n) is 3.06. The highest BCUT2D eigenvalue weighted by Crippen LogP contribution is 2.28. The Balaban J connectivity index is 2.91. The number of benzene rings is 1. The molecule has 20 heavy (non-hydrogen) atoms. The number of carbonyl (C=O) groups is 1. The van der Waals surface area contributed by atoms with Crippen molar-refractivity contribution in [2.75, 3.05) is 12.5 Å². The minimum absolute atomic E-state index is 0.156. The predicted octanol–water partition coefficient (Wildman–Crippen LogP) is 5.05. The first-order valence-corrected chi connectivity index (χ1v) is 7.85. The zero-order valence-corrected chi connectivity index (χ0v) is 13.7. The van der Waals surface area contributed by atoms with Crippen molar-refractivity contribution in [1.29, 1.82) is 0 Å². The molecule has 0 fully saturated rings. The van der Waals surface area contributed by atoms with Gasteiger partial charge in [-0.25, -0.2) is 0 Å². The molecule has 1 rings (SSSR count). The lowest BCUT2D eigenvalue weighted by atomic mass is 9.97. The van der Waals surface area contributed by atoms with Crippen LogP contribution in [0.15, 0.2) is 18.2 Å². The summed E-state index contributed by atoms with van der Waals surface area (Å²) in [7, 11) is 0. The zero-order valence-electron chi connectivity index (χ0n) is 12.9. The van der Waals surface area contributed by atoms with Gasteiger partial charge in [-0.15, -0.1) is 11.6 Å². The lowest BCUT2D eigenvalue weighted by molar-refractivity contribution is 0.0982. The van der Waals surface area contributed by atoms with Gasteiger partial charge in [-0.2, -0.15) is 0 Å². The smallest absolute Gasteiger partial charge is 0.162 e. The quantitative estimate of drug-likeness (QED) is 0.496. The molecule has 0 saturated carbocycles. The van der Waals surface area contributed by atoms with Gasteiger partial charge in [0.1, 0.15) is 5.75 Å². The molecular formula is C17H25ClO2. The average Bonchev–Trinajstić information content (AvgIpc) is 2.42. The summed E-state index contributed by atoms with van der Waals surface area (Å²) in [5, 5.41) is 0. The van der Waals surface area contributed by atoms with Gasteiger partial charge >= 0.3 is 0 Å². The maximum atomic E-state index is 12.1. The summed E-state index contributed by atoms with van der Waals surface area (Å²) in [6.07, 6.45) is 1.23. The van der Waals surface area contributed by atoms with Gasteiger partial charge in [-0.1, -0.05) is 27.7 Å². The van der Waals surface area contributed by atoms with Gasteiger partial charge in [0.05, 0.1) is 6.61 Å². The van der Waals surface area contributed by atoms with E-state index in [0.717, 1.165) is 23.3 Å². The molecule has 0 aliphatic heterocycles. The van der Waals surface area contributed by atoms with Crippen molar-refractivity contribution in [3.63, 3.8) is 0 Å². The van der Waals surface area contributed by atoms with Crippen LogP contribution in [0.2, 0.25) is 0 Å². The molecule has 0 aromatic heterocycles. The van der Waals surface area contributed by atoms with Crippen LogP contribution < -0.4 is 4.74 Å². The molecular weight excluding hydrogens is 272 g/mol. The fourth-order valence-corrected chi connectivity index (χ4v) is 2.07. The van der Waals surface area contributed by atoms with E-state index in [2.05, 4.69) is 27.7 Å². The van der Waals surface area contributed by atoms with Crippen molar-refractivity contribution in [3.8, 4) is 5.75 Å². The van der Waals surface area contributed by atoms with Gasteiger partial charge in [-0.05, 0) is 42.0 Å². The van der Waals surface area contributed by atoms with Crippen LogP contribution in [0, 0.1) is 5.92 Å². The maximum Gasteiger partial charge on any atom is 0.162 e. The molecule has 0 bridgehead atoms. The molecule has 0 amide bonds. The minimum atomic E-state index is 0.156. The Hall–Kier alpha value is -1.02. The van der Waals surface area contributed by atoms with Crippen LogP contribution in [-0.2, 0) is 0 Å². The summed E-state index contributed by atoms with van der Waals surface area (Å²) >= 11 is 5.64. The molecule has 0 saturated heterocycles.